The summed E-state index contributed by atoms with van der Waals surface area (Å²) in [5.74, 6) is 6.19. The molecule has 0 N–H and O–H groups in total. The van der Waals surface area contributed by atoms with Crippen molar-refractivity contribution in [2.45, 2.75) is 78.9 Å². The predicted molar refractivity (Wildman–Crippen MR) is 134 cm³/mol. The first kappa shape index (κ1) is 26.3. The molecule has 170 valence electrons. The molecule has 0 saturated heterocycles. The third-order valence-corrected chi connectivity index (χ3v) is 9.82. The Morgan fingerprint density at radius 2 is 0.933 bits per heavy atom. The highest BCUT2D eigenvalue weighted by molar-refractivity contribution is 6.12. The molecule has 0 unspecified atom stereocenters. The van der Waals surface area contributed by atoms with Crippen LogP contribution in [-0.2, 0) is 0 Å². The molecule has 4 heteroatoms. The van der Waals surface area contributed by atoms with Gasteiger partial charge < -0.3 is 9.80 Å². The Kier molecular flexibility index (Phi) is 8.68. The molecular formula is C26H50B2N2. The third kappa shape index (κ3) is 5.51. The van der Waals surface area contributed by atoms with E-state index in [4.69, 9.17) is 15.7 Å². The molecule has 0 spiro atoms. The fourth-order valence-corrected chi connectivity index (χ4v) is 6.78. The summed E-state index contributed by atoms with van der Waals surface area (Å²) in [6.07, 6.45) is 5.43. The second-order valence-electron chi connectivity index (χ2n) is 12.8. The van der Waals surface area contributed by atoms with E-state index in [9.17, 15) is 0 Å². The van der Waals surface area contributed by atoms with Gasteiger partial charge in [-0.3, -0.25) is 0 Å². The lowest BCUT2D eigenvalue weighted by molar-refractivity contribution is -0.0980. The molecule has 0 heterocycles. The molecule has 4 radical (unpaired) electrons. The third-order valence-electron chi connectivity index (χ3n) is 9.82. The molecule has 6 aliphatic carbocycles. The Morgan fingerprint density at radius 3 is 1.10 bits per heavy atom. The van der Waals surface area contributed by atoms with Gasteiger partial charge in [0.05, 0.1) is 15.7 Å². The molecule has 4 bridgehead atoms. The fourth-order valence-electron chi connectivity index (χ4n) is 6.78. The number of likely N-dealkylation sites (N-methyl/N-ethyl adjacent to an activating group) is 2. The predicted octanol–water partition coefficient (Wildman–Crippen LogP) is 5.40. The molecule has 30 heavy (non-hydrogen) atoms. The molecule has 0 aromatic carbocycles. The van der Waals surface area contributed by atoms with Gasteiger partial charge in [0.15, 0.2) is 0 Å². The minimum absolute atomic E-state index is 0.492. The van der Waals surface area contributed by atoms with Crippen LogP contribution in [0.15, 0.2) is 0 Å². The average molecular weight is 412 g/mol. The van der Waals surface area contributed by atoms with Crippen molar-refractivity contribution >= 4 is 15.7 Å². The van der Waals surface area contributed by atoms with Crippen molar-refractivity contribution < 1.29 is 0 Å². The summed E-state index contributed by atoms with van der Waals surface area (Å²) in [5.41, 5.74) is 1.21. The first-order chi connectivity index (χ1) is 13.7. The highest BCUT2D eigenvalue weighted by Crippen LogP contribution is 2.64. The van der Waals surface area contributed by atoms with Crippen LogP contribution in [0.25, 0.3) is 0 Å². The second kappa shape index (κ2) is 9.90. The zero-order valence-corrected chi connectivity index (χ0v) is 21.9. The average Bonchev–Trinajstić information content (AvgIpc) is 2.64. The SMILES string of the molecule is CN(C)CCN(C)C.[B][C@@H]1C[C@H]2C[C@@H]([C@H]1C)C2(C)C.[B][C@@H]1C[C@H]2C[C@@H]([C@H]1C)C2(C)C. The van der Waals surface area contributed by atoms with E-state index in [0.717, 1.165) is 48.6 Å². The molecule has 6 fully saturated rings. The Balaban J connectivity index is 0.000000163. The number of nitrogens with zero attached hydrogens (tertiary/aromatic N) is 2. The fraction of sp³-hybridized carbons (Fsp3) is 1.00. The van der Waals surface area contributed by atoms with E-state index in [-0.39, 0.29) is 0 Å². The van der Waals surface area contributed by atoms with Crippen molar-refractivity contribution in [3.63, 3.8) is 0 Å². The van der Waals surface area contributed by atoms with Gasteiger partial charge in [0.1, 0.15) is 0 Å². The van der Waals surface area contributed by atoms with Crippen molar-refractivity contribution in [3.05, 3.63) is 0 Å². The van der Waals surface area contributed by atoms with Crippen LogP contribution in [0.1, 0.15) is 67.2 Å². The Morgan fingerprint density at radius 1 is 0.633 bits per heavy atom. The second-order valence-corrected chi connectivity index (χ2v) is 12.8. The van der Waals surface area contributed by atoms with Crippen LogP contribution < -0.4 is 0 Å². The maximum Gasteiger partial charge on any atom is 0.0703 e. The Bertz CT molecular complexity index is 497. The van der Waals surface area contributed by atoms with Gasteiger partial charge in [0, 0.05) is 13.1 Å². The van der Waals surface area contributed by atoms with E-state index in [1.54, 1.807) is 0 Å². The lowest BCUT2D eigenvalue weighted by Crippen LogP contribution is -2.53. The Hall–Kier alpha value is 0.0499. The summed E-state index contributed by atoms with van der Waals surface area (Å²) < 4.78 is 0. The smallest absolute Gasteiger partial charge is 0.0703 e. The normalized spacial score (nSPS) is 42.1. The quantitative estimate of drug-likeness (QED) is 0.573. The van der Waals surface area contributed by atoms with E-state index in [0.29, 0.717) is 22.5 Å². The van der Waals surface area contributed by atoms with Crippen LogP contribution in [0.5, 0.6) is 0 Å². The minimum Gasteiger partial charge on any atom is -0.308 e. The lowest BCUT2D eigenvalue weighted by atomic mass is 9.41. The first-order valence-corrected chi connectivity index (χ1v) is 12.5. The summed E-state index contributed by atoms with van der Waals surface area (Å²) in [5, 5.41) is 0. The van der Waals surface area contributed by atoms with Gasteiger partial charge in [0.25, 0.3) is 0 Å². The lowest BCUT2D eigenvalue weighted by Gasteiger charge is -2.62. The monoisotopic (exact) mass is 412 g/mol. The van der Waals surface area contributed by atoms with Gasteiger partial charge in [-0.2, -0.15) is 0 Å². The molecule has 2 nitrogen and oxygen atoms in total. The Labute approximate surface area is 192 Å². The molecular weight excluding hydrogens is 362 g/mol. The number of fused-ring (bicyclic) bond motifs is 4. The van der Waals surface area contributed by atoms with Crippen molar-refractivity contribution in [2.75, 3.05) is 41.3 Å². The molecule has 0 aromatic rings. The summed E-state index contributed by atoms with van der Waals surface area (Å²) in [7, 11) is 20.4. The molecule has 8 atom stereocenters. The summed E-state index contributed by atoms with van der Waals surface area (Å²) in [6.45, 7) is 16.6. The van der Waals surface area contributed by atoms with E-state index in [1.807, 2.05) is 0 Å². The van der Waals surface area contributed by atoms with Crippen molar-refractivity contribution in [1.82, 2.24) is 9.80 Å². The van der Waals surface area contributed by atoms with E-state index in [1.165, 1.54) is 25.7 Å². The maximum absolute atomic E-state index is 6.02. The van der Waals surface area contributed by atoms with Gasteiger partial charge >= 0.3 is 0 Å². The standard InChI is InChI=1S/2C10H17B.C6H16N2/c2*1-6-8-4-7(5-9(6)11)10(8,2)3;1-7(2)5-6-8(3)4/h2*6-9H,4-5H2,1-3H3;5-6H2,1-4H3/t2*6-,7-,8+,9-;/m11./s1. The van der Waals surface area contributed by atoms with Crippen LogP contribution in [0.4, 0.5) is 0 Å². The van der Waals surface area contributed by atoms with Crippen molar-refractivity contribution in [2.24, 2.45) is 46.3 Å². The highest BCUT2D eigenvalue weighted by atomic mass is 15.1. The van der Waals surface area contributed by atoms with Gasteiger partial charge in [-0.1, -0.05) is 66.0 Å². The molecule has 0 aromatic heterocycles. The molecule has 6 rings (SSSR count). The highest BCUT2D eigenvalue weighted by Gasteiger charge is 2.55. The summed E-state index contributed by atoms with van der Waals surface area (Å²) >= 11 is 0. The van der Waals surface area contributed by atoms with Gasteiger partial charge in [-0.25, -0.2) is 0 Å². The summed E-state index contributed by atoms with van der Waals surface area (Å²) in [6, 6.07) is 0. The largest absolute Gasteiger partial charge is 0.308 e. The van der Waals surface area contributed by atoms with Crippen LogP contribution in [0, 0.1) is 46.3 Å². The molecule has 0 amide bonds. The molecule has 6 saturated carbocycles. The topological polar surface area (TPSA) is 6.48 Å². The van der Waals surface area contributed by atoms with Crippen molar-refractivity contribution in [1.29, 1.82) is 0 Å². The number of hydrogen-bond donors (Lipinski definition) is 0. The van der Waals surface area contributed by atoms with Crippen LogP contribution in [0.3, 0.4) is 0 Å². The van der Waals surface area contributed by atoms with Gasteiger partial charge in [0.2, 0.25) is 0 Å². The van der Waals surface area contributed by atoms with Gasteiger partial charge in [-0.05, 0) is 87.4 Å². The minimum atomic E-state index is 0.492. The zero-order valence-electron chi connectivity index (χ0n) is 21.9. The van der Waals surface area contributed by atoms with E-state index in [2.05, 4.69) is 79.5 Å². The van der Waals surface area contributed by atoms with Crippen molar-refractivity contribution in [3.8, 4) is 0 Å². The zero-order chi connectivity index (χ0) is 23.0. The summed E-state index contributed by atoms with van der Waals surface area (Å²) in [4.78, 5) is 4.36. The number of hydrogen-bond acceptors (Lipinski definition) is 2. The van der Waals surface area contributed by atoms with Crippen LogP contribution >= 0.6 is 0 Å². The molecule has 6 aliphatic rings. The number of rotatable bonds is 3. The van der Waals surface area contributed by atoms with E-state index < -0.39 is 0 Å². The first-order valence-electron chi connectivity index (χ1n) is 12.5. The van der Waals surface area contributed by atoms with Crippen LogP contribution in [-0.4, -0.2) is 66.8 Å². The van der Waals surface area contributed by atoms with Gasteiger partial charge in [-0.15, -0.1) is 0 Å². The maximum atomic E-state index is 6.02. The van der Waals surface area contributed by atoms with E-state index >= 15 is 0 Å². The molecule has 0 aliphatic heterocycles. The van der Waals surface area contributed by atoms with Crippen LogP contribution in [0.2, 0.25) is 11.6 Å².